The van der Waals surface area contributed by atoms with Crippen molar-refractivity contribution in [2.24, 2.45) is 0 Å². The van der Waals surface area contributed by atoms with Crippen molar-refractivity contribution in [2.45, 2.75) is 13.5 Å². The summed E-state index contributed by atoms with van der Waals surface area (Å²) in [6.07, 6.45) is 0. The van der Waals surface area contributed by atoms with Gasteiger partial charge in [0.25, 0.3) is 11.6 Å². The van der Waals surface area contributed by atoms with Gasteiger partial charge in [-0.15, -0.1) is 0 Å². The second-order valence-electron chi connectivity index (χ2n) is 6.00. The second kappa shape index (κ2) is 9.01. The topological polar surface area (TPSA) is 107 Å². The summed E-state index contributed by atoms with van der Waals surface area (Å²) in [6, 6.07) is 13.8. The summed E-state index contributed by atoms with van der Waals surface area (Å²) in [6.45, 7) is 3.30. The molecule has 0 unspecified atom stereocenters. The molecule has 0 saturated heterocycles. The van der Waals surface area contributed by atoms with Gasteiger partial charge in [-0.05, 0) is 19.1 Å². The van der Waals surface area contributed by atoms with E-state index in [1.807, 2.05) is 25.1 Å². The zero-order valence-electron chi connectivity index (χ0n) is 15.4. The number of carbonyl (C=O) groups excluding carboxylic acids is 1. The molecule has 1 heterocycles. The first kappa shape index (κ1) is 19.4. The molecule has 2 N–H and O–H groups in total. The zero-order chi connectivity index (χ0) is 19.9. The number of hydrogen-bond donors (Lipinski definition) is 2. The third kappa shape index (κ3) is 4.29. The molecule has 0 bridgehead atoms. The van der Waals surface area contributed by atoms with Crippen LogP contribution in [-0.4, -0.2) is 30.5 Å². The highest BCUT2D eigenvalue weighted by Gasteiger charge is 2.20. The molecule has 3 aromatic rings. The minimum atomic E-state index is -0.449. The molecule has 2 aromatic carbocycles. The molecule has 0 saturated carbocycles. The van der Waals surface area contributed by atoms with Crippen LogP contribution in [0.5, 0.6) is 0 Å². The van der Waals surface area contributed by atoms with Gasteiger partial charge < -0.3 is 19.8 Å². The summed E-state index contributed by atoms with van der Waals surface area (Å²) in [4.78, 5) is 23.2. The fraction of sp³-hybridized carbons (Fsp3) is 0.250. The molecule has 1 aromatic heterocycles. The highest BCUT2D eigenvalue weighted by molar-refractivity contribution is 5.99. The normalized spacial score (nSPS) is 10.8. The lowest BCUT2D eigenvalue weighted by Crippen LogP contribution is -2.29. The number of rotatable bonds is 9. The second-order valence-corrected chi connectivity index (χ2v) is 6.00. The van der Waals surface area contributed by atoms with Gasteiger partial charge in [0.2, 0.25) is 0 Å². The van der Waals surface area contributed by atoms with Gasteiger partial charge in [-0.25, -0.2) is 0 Å². The maximum atomic E-state index is 12.6. The van der Waals surface area contributed by atoms with Gasteiger partial charge in [0.15, 0.2) is 5.76 Å². The highest BCUT2D eigenvalue weighted by Crippen LogP contribution is 2.26. The van der Waals surface area contributed by atoms with E-state index in [1.54, 1.807) is 24.3 Å². The number of ether oxygens (including phenoxy) is 1. The van der Waals surface area contributed by atoms with E-state index in [1.165, 1.54) is 6.07 Å². The van der Waals surface area contributed by atoms with Gasteiger partial charge in [0, 0.05) is 36.7 Å². The molecule has 3 rings (SSSR count). The van der Waals surface area contributed by atoms with E-state index in [4.69, 9.17) is 9.15 Å². The molecule has 0 spiro atoms. The van der Waals surface area contributed by atoms with Crippen LogP contribution in [0.4, 0.5) is 11.4 Å². The van der Waals surface area contributed by atoms with Crippen LogP contribution in [0.3, 0.4) is 0 Å². The first-order chi connectivity index (χ1) is 13.6. The van der Waals surface area contributed by atoms with Crippen LogP contribution in [0.2, 0.25) is 0 Å². The largest absolute Gasteiger partial charge is 0.451 e. The standard InChI is InChI=1S/C20H21N3O5/c1-2-27-13-15-14-7-3-6-10-18(14)28-19(15)20(24)22-12-11-21-16-8-4-5-9-17(16)23(25)26/h3-10,21H,2,11-13H2,1H3,(H,22,24). The van der Waals surface area contributed by atoms with Crippen LogP contribution >= 0.6 is 0 Å². The summed E-state index contributed by atoms with van der Waals surface area (Å²) in [7, 11) is 0. The number of furan rings is 1. The fourth-order valence-electron chi connectivity index (χ4n) is 2.87. The average Bonchev–Trinajstić information content (AvgIpc) is 3.08. The lowest BCUT2D eigenvalue weighted by molar-refractivity contribution is -0.384. The zero-order valence-corrected chi connectivity index (χ0v) is 15.4. The van der Waals surface area contributed by atoms with E-state index < -0.39 is 4.92 Å². The van der Waals surface area contributed by atoms with Gasteiger partial charge in [-0.2, -0.15) is 0 Å². The van der Waals surface area contributed by atoms with Crippen LogP contribution in [0.25, 0.3) is 11.0 Å². The third-order valence-electron chi connectivity index (χ3n) is 4.18. The lowest BCUT2D eigenvalue weighted by atomic mass is 10.1. The molecule has 0 aliphatic carbocycles. The fourth-order valence-corrected chi connectivity index (χ4v) is 2.87. The number of nitro groups is 1. The molecule has 0 aliphatic heterocycles. The van der Waals surface area contributed by atoms with Crippen LogP contribution in [0, 0.1) is 10.1 Å². The van der Waals surface area contributed by atoms with Gasteiger partial charge in [0.05, 0.1) is 11.5 Å². The number of anilines is 1. The molecular weight excluding hydrogens is 362 g/mol. The number of carbonyl (C=O) groups is 1. The first-order valence-corrected chi connectivity index (χ1v) is 8.95. The number of fused-ring (bicyclic) bond motifs is 1. The van der Waals surface area contributed by atoms with Crippen molar-refractivity contribution in [1.29, 1.82) is 0 Å². The summed E-state index contributed by atoms with van der Waals surface area (Å²) in [5.74, 6) is -0.129. The number of amides is 1. The van der Waals surface area contributed by atoms with E-state index in [0.717, 1.165) is 5.39 Å². The molecule has 1 amide bonds. The summed E-state index contributed by atoms with van der Waals surface area (Å²) in [5.41, 5.74) is 1.73. The predicted molar refractivity (Wildman–Crippen MR) is 105 cm³/mol. The van der Waals surface area contributed by atoms with E-state index in [2.05, 4.69) is 10.6 Å². The Bertz CT molecular complexity index is 983. The van der Waals surface area contributed by atoms with E-state index in [-0.39, 0.29) is 30.5 Å². The Morgan fingerprint density at radius 1 is 1.14 bits per heavy atom. The van der Waals surface area contributed by atoms with Crippen molar-refractivity contribution in [3.63, 3.8) is 0 Å². The number of para-hydroxylation sites is 3. The summed E-state index contributed by atoms with van der Waals surface area (Å²) in [5, 5.41) is 17.6. The molecule has 8 heteroatoms. The van der Waals surface area contributed by atoms with Crippen molar-refractivity contribution < 1.29 is 18.9 Å². The Morgan fingerprint density at radius 3 is 2.68 bits per heavy atom. The van der Waals surface area contributed by atoms with E-state index in [0.29, 0.717) is 30.0 Å². The van der Waals surface area contributed by atoms with Crippen molar-refractivity contribution in [3.05, 3.63) is 70.0 Å². The molecule has 0 aliphatic rings. The van der Waals surface area contributed by atoms with Crippen molar-refractivity contribution in [3.8, 4) is 0 Å². The maximum absolute atomic E-state index is 12.6. The Balaban J connectivity index is 1.65. The Morgan fingerprint density at radius 2 is 1.89 bits per heavy atom. The maximum Gasteiger partial charge on any atom is 0.292 e. The Kier molecular flexibility index (Phi) is 6.23. The van der Waals surface area contributed by atoms with Crippen LogP contribution in [0.15, 0.2) is 52.9 Å². The van der Waals surface area contributed by atoms with Gasteiger partial charge in [-0.1, -0.05) is 30.3 Å². The SMILES string of the molecule is CCOCc1c(C(=O)NCCNc2ccccc2[N+](=O)[O-])oc2ccccc12. The highest BCUT2D eigenvalue weighted by atomic mass is 16.6. The summed E-state index contributed by atoms with van der Waals surface area (Å²) < 4.78 is 11.2. The van der Waals surface area contributed by atoms with E-state index >= 15 is 0 Å². The van der Waals surface area contributed by atoms with Gasteiger partial charge in [0.1, 0.15) is 11.3 Å². The van der Waals surface area contributed by atoms with Crippen LogP contribution in [-0.2, 0) is 11.3 Å². The number of nitrogens with one attached hydrogen (secondary N) is 2. The molecule has 146 valence electrons. The third-order valence-corrected chi connectivity index (χ3v) is 4.18. The smallest absolute Gasteiger partial charge is 0.292 e. The quantitative estimate of drug-likeness (QED) is 0.331. The van der Waals surface area contributed by atoms with Crippen molar-refractivity contribution in [1.82, 2.24) is 5.32 Å². The Labute approximate surface area is 161 Å². The first-order valence-electron chi connectivity index (χ1n) is 8.95. The monoisotopic (exact) mass is 383 g/mol. The lowest BCUT2D eigenvalue weighted by Gasteiger charge is -2.08. The molecule has 0 fully saturated rings. The van der Waals surface area contributed by atoms with Gasteiger partial charge >= 0.3 is 0 Å². The molecule has 8 nitrogen and oxygen atoms in total. The van der Waals surface area contributed by atoms with Crippen molar-refractivity contribution >= 4 is 28.3 Å². The molecule has 28 heavy (non-hydrogen) atoms. The van der Waals surface area contributed by atoms with Gasteiger partial charge in [-0.3, -0.25) is 14.9 Å². The number of nitrogens with zero attached hydrogens (tertiary/aromatic N) is 1. The number of nitro benzene ring substituents is 1. The minimum absolute atomic E-state index is 0.00916. The number of benzene rings is 2. The van der Waals surface area contributed by atoms with Crippen LogP contribution < -0.4 is 10.6 Å². The minimum Gasteiger partial charge on any atom is -0.451 e. The molecule has 0 atom stereocenters. The average molecular weight is 383 g/mol. The van der Waals surface area contributed by atoms with E-state index in [9.17, 15) is 14.9 Å². The molecule has 0 radical (unpaired) electrons. The number of hydrogen-bond acceptors (Lipinski definition) is 6. The Hall–Kier alpha value is -3.39. The molecular formula is C20H21N3O5. The van der Waals surface area contributed by atoms with Crippen molar-refractivity contribution in [2.75, 3.05) is 25.0 Å². The predicted octanol–water partition coefficient (Wildman–Crippen LogP) is 3.72. The van der Waals surface area contributed by atoms with Crippen LogP contribution in [0.1, 0.15) is 23.0 Å². The summed E-state index contributed by atoms with van der Waals surface area (Å²) >= 11 is 0.